The Kier molecular flexibility index (Phi) is 8.23. The lowest BCUT2D eigenvalue weighted by Gasteiger charge is -2.14. The van der Waals surface area contributed by atoms with Crippen LogP contribution >= 0.6 is 0 Å². The number of sulfonamides is 1. The Bertz CT molecular complexity index is 1480. The normalized spacial score (nSPS) is 14.0. The second kappa shape index (κ2) is 11.0. The Hall–Kier alpha value is -3.91. The zero-order valence-corrected chi connectivity index (χ0v) is 20.3. The highest BCUT2D eigenvalue weighted by Gasteiger charge is 2.32. The van der Waals surface area contributed by atoms with E-state index in [4.69, 9.17) is 4.42 Å². The number of furan rings is 1. The average molecular weight is 540 g/mol. The molecule has 1 aromatic carbocycles. The van der Waals surface area contributed by atoms with Crippen LogP contribution in [0.2, 0.25) is 0 Å². The summed E-state index contributed by atoms with van der Waals surface area (Å²) in [6.07, 6.45) is -0.0811. The summed E-state index contributed by atoms with van der Waals surface area (Å²) in [6, 6.07) is 3.41. The van der Waals surface area contributed by atoms with Crippen molar-refractivity contribution in [3.05, 3.63) is 71.7 Å². The highest BCUT2D eigenvalue weighted by atomic mass is 32.2. The van der Waals surface area contributed by atoms with Crippen LogP contribution in [0.3, 0.4) is 0 Å². The fraction of sp³-hybridized carbons (Fsp3) is 0.217. The number of nitrogens with zero attached hydrogens (tertiary/aromatic N) is 3. The van der Waals surface area contributed by atoms with E-state index >= 15 is 0 Å². The molecule has 37 heavy (non-hydrogen) atoms. The number of allylic oxidation sites excluding steroid dienone is 3. The first-order valence-electron chi connectivity index (χ1n) is 10.6. The molecule has 0 spiro atoms. The first-order chi connectivity index (χ1) is 17.3. The minimum Gasteiger partial charge on any atom is -0.443 e. The molecule has 3 aromatic rings. The van der Waals surface area contributed by atoms with Gasteiger partial charge >= 0.3 is 6.18 Å². The van der Waals surface area contributed by atoms with Gasteiger partial charge in [0.2, 0.25) is 11.0 Å². The van der Waals surface area contributed by atoms with Gasteiger partial charge in [0.25, 0.3) is 10.0 Å². The van der Waals surface area contributed by atoms with Crippen molar-refractivity contribution < 1.29 is 35.2 Å². The van der Waals surface area contributed by atoms with Crippen LogP contribution in [0, 0.1) is 5.82 Å². The minimum atomic E-state index is -4.63. The number of carbonyl (C=O) groups is 1. The molecular weight excluding hydrogens is 518 g/mol. The number of amides is 1. The Balaban J connectivity index is 1.66. The number of carbonyl (C=O) groups excluding carboxylic acids is 1. The number of alkyl halides is 3. The predicted octanol–water partition coefficient (Wildman–Crippen LogP) is 3.85. The van der Waals surface area contributed by atoms with Crippen LogP contribution in [0.1, 0.15) is 25.2 Å². The number of rotatable bonds is 9. The minimum absolute atomic E-state index is 0.134. The second-order valence-corrected chi connectivity index (χ2v) is 9.28. The zero-order chi connectivity index (χ0) is 27.4. The number of aliphatic imine (C=N–C) groups is 1. The van der Waals surface area contributed by atoms with E-state index in [1.54, 1.807) is 13.0 Å². The molecule has 0 saturated heterocycles. The maximum Gasteiger partial charge on any atom is 0.434 e. The van der Waals surface area contributed by atoms with E-state index in [-0.39, 0.29) is 28.9 Å². The van der Waals surface area contributed by atoms with Crippen molar-refractivity contribution in [3.63, 3.8) is 0 Å². The van der Waals surface area contributed by atoms with Crippen molar-refractivity contribution in [3.8, 4) is 0 Å². The smallest absolute Gasteiger partial charge is 0.434 e. The van der Waals surface area contributed by atoms with Gasteiger partial charge in [-0.3, -0.25) is 14.8 Å². The third kappa shape index (κ3) is 6.86. The summed E-state index contributed by atoms with van der Waals surface area (Å²) in [4.78, 5) is 23.4. The quantitative estimate of drug-likeness (QED) is 0.242. The lowest BCUT2D eigenvalue weighted by molar-refractivity contribution is -0.141. The van der Waals surface area contributed by atoms with Crippen molar-refractivity contribution in [1.29, 1.82) is 0 Å². The van der Waals surface area contributed by atoms with Gasteiger partial charge in [0, 0.05) is 11.5 Å². The van der Waals surface area contributed by atoms with Gasteiger partial charge in [-0.15, -0.1) is 0 Å². The largest absolute Gasteiger partial charge is 0.443 e. The molecule has 2 N–H and O–H groups in total. The number of fused-ring (bicyclic) bond motifs is 1. The number of hydrogen-bond donors (Lipinski definition) is 2. The average Bonchev–Trinajstić information content (AvgIpc) is 3.27. The summed E-state index contributed by atoms with van der Waals surface area (Å²) in [5.74, 6) is -1.28. The number of nitrogens with one attached hydrogen (secondary N) is 2. The standard InChI is InChI=1S/C23H21F4N5O4S/c1-4-14(18-11-30-20(12-29-18)23(25,26)27)8-17(28-3)10-31-22(33)13(2)32-37(34,35)21-9-15-7-16(24)5-6-19(15)36-21/h4-9,11-13,32H,3,10H2,1-2H3,(H,31,33)/b14-4+,17-8-/t13-/m0/s1. The van der Waals surface area contributed by atoms with E-state index in [0.29, 0.717) is 11.8 Å². The summed E-state index contributed by atoms with van der Waals surface area (Å²) in [5.41, 5.74) is -0.264. The van der Waals surface area contributed by atoms with Gasteiger partial charge in [0.15, 0.2) is 5.69 Å². The first-order valence-corrected chi connectivity index (χ1v) is 12.0. The molecule has 0 unspecified atom stereocenters. The molecular formula is C23H21F4N5O4S. The van der Waals surface area contributed by atoms with Crippen LogP contribution in [-0.4, -0.2) is 43.6 Å². The molecule has 0 saturated carbocycles. The third-order valence-corrected chi connectivity index (χ3v) is 6.36. The second-order valence-electron chi connectivity index (χ2n) is 7.63. The summed E-state index contributed by atoms with van der Waals surface area (Å²) in [5, 5.41) is 2.24. The fourth-order valence-corrected chi connectivity index (χ4v) is 4.23. The van der Waals surface area contributed by atoms with E-state index in [0.717, 1.165) is 24.4 Å². The van der Waals surface area contributed by atoms with Gasteiger partial charge in [0.05, 0.1) is 36.4 Å². The van der Waals surface area contributed by atoms with Crippen LogP contribution in [0.15, 0.2) is 69.0 Å². The van der Waals surface area contributed by atoms with Gasteiger partial charge in [0.1, 0.15) is 11.4 Å². The summed E-state index contributed by atoms with van der Waals surface area (Å²) in [7, 11) is -4.25. The van der Waals surface area contributed by atoms with Crippen LogP contribution in [0.25, 0.3) is 16.5 Å². The molecule has 0 fully saturated rings. The van der Waals surface area contributed by atoms with Gasteiger partial charge in [-0.1, -0.05) is 6.08 Å². The van der Waals surface area contributed by atoms with E-state index in [1.165, 1.54) is 19.1 Å². The maximum absolute atomic E-state index is 13.4. The van der Waals surface area contributed by atoms with E-state index < -0.39 is 44.8 Å². The summed E-state index contributed by atoms with van der Waals surface area (Å²) in [6.45, 7) is 6.15. The monoisotopic (exact) mass is 539 g/mol. The van der Waals surface area contributed by atoms with Crippen LogP contribution in [0.4, 0.5) is 17.6 Å². The molecule has 0 aliphatic rings. The Morgan fingerprint density at radius 1 is 1.24 bits per heavy atom. The summed E-state index contributed by atoms with van der Waals surface area (Å²) < 4.78 is 84.2. The van der Waals surface area contributed by atoms with E-state index in [1.807, 2.05) is 0 Å². The molecule has 14 heteroatoms. The van der Waals surface area contributed by atoms with Crippen molar-refractivity contribution in [2.24, 2.45) is 4.99 Å². The van der Waals surface area contributed by atoms with Gasteiger partial charge in [-0.2, -0.15) is 17.9 Å². The molecule has 2 heterocycles. The molecule has 0 bridgehead atoms. The molecule has 3 rings (SSSR count). The van der Waals surface area contributed by atoms with E-state index in [9.17, 15) is 30.8 Å². The molecule has 2 aromatic heterocycles. The van der Waals surface area contributed by atoms with Crippen molar-refractivity contribution >= 4 is 39.2 Å². The topological polar surface area (TPSA) is 127 Å². The SMILES string of the molecule is C=N/C(=C\C(=C/C)c1cnc(C(F)(F)F)cn1)CNC(=O)[C@H](C)NS(=O)(=O)c1cc2cc(F)ccc2o1. The lowest BCUT2D eigenvalue weighted by atomic mass is 10.1. The maximum atomic E-state index is 13.4. The highest BCUT2D eigenvalue weighted by Crippen LogP contribution is 2.27. The predicted molar refractivity (Wildman–Crippen MR) is 127 cm³/mol. The Labute approximate surface area is 209 Å². The molecule has 0 radical (unpaired) electrons. The van der Waals surface area contributed by atoms with Crippen LogP contribution in [-0.2, 0) is 21.0 Å². The molecule has 1 atom stereocenters. The highest BCUT2D eigenvalue weighted by molar-refractivity contribution is 7.89. The van der Waals surface area contributed by atoms with Crippen molar-refractivity contribution in [2.75, 3.05) is 6.54 Å². The van der Waals surface area contributed by atoms with Crippen LogP contribution in [0.5, 0.6) is 0 Å². The van der Waals surface area contributed by atoms with Crippen molar-refractivity contribution in [1.82, 2.24) is 20.0 Å². The molecule has 0 aliphatic carbocycles. The Morgan fingerprint density at radius 2 is 1.97 bits per heavy atom. The third-order valence-electron chi connectivity index (χ3n) is 4.96. The van der Waals surface area contributed by atoms with E-state index in [2.05, 4.69) is 31.7 Å². The van der Waals surface area contributed by atoms with Gasteiger partial charge < -0.3 is 9.73 Å². The first kappa shape index (κ1) is 27.7. The number of hydrogen-bond acceptors (Lipinski definition) is 7. The van der Waals surface area contributed by atoms with Gasteiger partial charge in [-0.05, 0) is 50.4 Å². The fourth-order valence-electron chi connectivity index (χ4n) is 3.06. The lowest BCUT2D eigenvalue weighted by Crippen LogP contribution is -2.45. The summed E-state index contributed by atoms with van der Waals surface area (Å²) >= 11 is 0. The number of benzene rings is 1. The number of halogens is 4. The van der Waals surface area contributed by atoms with Gasteiger partial charge in [-0.25, -0.2) is 17.8 Å². The zero-order valence-electron chi connectivity index (χ0n) is 19.5. The Morgan fingerprint density at radius 3 is 2.57 bits per heavy atom. The molecule has 196 valence electrons. The molecule has 1 amide bonds. The number of aromatic nitrogens is 2. The van der Waals surface area contributed by atoms with Crippen LogP contribution < -0.4 is 10.0 Å². The van der Waals surface area contributed by atoms with Crippen molar-refractivity contribution in [2.45, 2.75) is 31.2 Å². The molecule has 9 nitrogen and oxygen atoms in total. The molecule has 0 aliphatic heterocycles.